The Hall–Kier alpha value is -3.56. The summed E-state index contributed by atoms with van der Waals surface area (Å²) in [5.74, 6) is 0.885. The smallest absolute Gasteiger partial charge is 0.243 e. The van der Waals surface area contributed by atoms with Gasteiger partial charge in [0.15, 0.2) is 11.6 Å². The summed E-state index contributed by atoms with van der Waals surface area (Å²) >= 11 is 0. The summed E-state index contributed by atoms with van der Waals surface area (Å²) in [7, 11) is 0.476. The van der Waals surface area contributed by atoms with E-state index in [0.717, 1.165) is 18.8 Å². The molecule has 0 aliphatic carbocycles. The number of para-hydroxylation sites is 1. The minimum absolute atomic E-state index is 0.0348. The number of methoxy groups -OCH3 is 3. The van der Waals surface area contributed by atoms with Crippen LogP contribution in [0, 0.1) is 5.82 Å². The van der Waals surface area contributed by atoms with E-state index in [1.165, 1.54) is 21.3 Å². The molecule has 1 aromatic carbocycles. The molecular formula is C24H30FN7O6S. The maximum Gasteiger partial charge on any atom is 0.243 e. The van der Waals surface area contributed by atoms with Gasteiger partial charge in [-0.15, -0.1) is 10.2 Å². The van der Waals surface area contributed by atoms with Gasteiger partial charge in [0.25, 0.3) is 0 Å². The van der Waals surface area contributed by atoms with E-state index in [0.29, 0.717) is 42.6 Å². The van der Waals surface area contributed by atoms with Crippen LogP contribution >= 0.6 is 0 Å². The van der Waals surface area contributed by atoms with Crippen molar-refractivity contribution in [3.63, 3.8) is 0 Å². The molecule has 0 amide bonds. The number of rotatable bonds is 9. The molecule has 2 aliphatic rings. The average molecular weight is 564 g/mol. The summed E-state index contributed by atoms with van der Waals surface area (Å²) in [4.78, 5) is 9.68. The van der Waals surface area contributed by atoms with Crippen LogP contribution in [0.15, 0.2) is 30.6 Å². The summed E-state index contributed by atoms with van der Waals surface area (Å²) in [6, 6.07) is 5.24. The van der Waals surface area contributed by atoms with Gasteiger partial charge in [0.1, 0.15) is 28.5 Å². The number of halogens is 1. The molecule has 0 unspecified atom stereocenters. The fraction of sp³-hybridized carbons (Fsp3) is 0.500. The molecule has 15 heteroatoms. The summed E-state index contributed by atoms with van der Waals surface area (Å²) in [6.45, 7) is 0.973. The predicted molar refractivity (Wildman–Crippen MR) is 138 cm³/mol. The molecule has 2 fully saturated rings. The molecule has 2 aromatic heterocycles. The predicted octanol–water partition coefficient (Wildman–Crippen LogP) is 2.10. The third-order valence-corrected chi connectivity index (χ3v) is 8.49. The van der Waals surface area contributed by atoms with Crippen molar-refractivity contribution in [3.8, 4) is 17.2 Å². The molecule has 13 nitrogen and oxygen atoms in total. The van der Waals surface area contributed by atoms with Crippen LogP contribution in [0.25, 0.3) is 5.69 Å². The van der Waals surface area contributed by atoms with E-state index in [1.807, 2.05) is 0 Å². The molecule has 2 aliphatic heterocycles. The normalized spacial score (nSPS) is 21.6. The summed E-state index contributed by atoms with van der Waals surface area (Å²) in [6.07, 6.45) is 3.02. The number of aromatic nitrogens is 5. The highest BCUT2D eigenvalue weighted by atomic mass is 32.2. The third kappa shape index (κ3) is 5.46. The van der Waals surface area contributed by atoms with E-state index in [2.05, 4.69) is 24.9 Å². The number of ether oxygens (including phenoxy) is 4. The molecular weight excluding hydrogens is 533 g/mol. The Morgan fingerprint density at radius 3 is 2.41 bits per heavy atom. The molecule has 210 valence electrons. The first-order chi connectivity index (χ1) is 18.8. The van der Waals surface area contributed by atoms with Crippen LogP contribution in [0.5, 0.6) is 11.5 Å². The van der Waals surface area contributed by atoms with Crippen LogP contribution < -0.4 is 19.1 Å². The number of anilines is 2. The molecule has 3 atom stereocenters. The van der Waals surface area contributed by atoms with Gasteiger partial charge < -0.3 is 23.8 Å². The Morgan fingerprint density at radius 2 is 1.79 bits per heavy atom. The number of hydrogen-bond donors (Lipinski definition) is 1. The van der Waals surface area contributed by atoms with Crippen molar-refractivity contribution >= 4 is 21.9 Å². The zero-order valence-corrected chi connectivity index (χ0v) is 22.6. The molecule has 0 bridgehead atoms. The lowest BCUT2D eigenvalue weighted by Gasteiger charge is -2.36. The molecule has 5 rings (SSSR count). The van der Waals surface area contributed by atoms with Gasteiger partial charge in [-0.2, -0.15) is 0 Å². The minimum Gasteiger partial charge on any atom is -0.494 e. The first-order valence-electron chi connectivity index (χ1n) is 12.4. The molecule has 0 radical (unpaired) electrons. The van der Waals surface area contributed by atoms with Crippen LogP contribution in [-0.2, 0) is 19.5 Å². The van der Waals surface area contributed by atoms with E-state index in [-0.39, 0.29) is 31.0 Å². The Morgan fingerprint density at radius 1 is 1.08 bits per heavy atom. The second-order valence-corrected chi connectivity index (χ2v) is 11.2. The Bertz CT molecular complexity index is 1380. The second-order valence-electron chi connectivity index (χ2n) is 9.20. The summed E-state index contributed by atoms with van der Waals surface area (Å²) < 4.78 is 67.8. The fourth-order valence-corrected chi connectivity index (χ4v) is 6.27. The minimum atomic E-state index is -4.06. The Labute approximate surface area is 225 Å². The summed E-state index contributed by atoms with van der Waals surface area (Å²) in [5, 5.41) is 7.60. The van der Waals surface area contributed by atoms with Gasteiger partial charge in [0, 0.05) is 26.8 Å². The SMILES string of the molecule is COc1cccc(OC)c1-n1c(NS(=O)(=O)[C@H]2C[C@@H](OC)CN(c3ncc(F)cn3)C2)nnc1[C@@H]1CCCO1. The van der Waals surface area contributed by atoms with Gasteiger partial charge >= 0.3 is 0 Å². The lowest BCUT2D eigenvalue weighted by molar-refractivity contribution is 0.0898. The zero-order valence-electron chi connectivity index (χ0n) is 21.8. The van der Waals surface area contributed by atoms with Crippen LogP contribution in [0.3, 0.4) is 0 Å². The summed E-state index contributed by atoms with van der Waals surface area (Å²) in [5.41, 5.74) is 0.440. The Balaban J connectivity index is 1.52. The number of nitrogens with one attached hydrogen (secondary N) is 1. The maximum absolute atomic E-state index is 13.8. The molecule has 0 saturated carbocycles. The Kier molecular flexibility index (Phi) is 7.81. The number of benzene rings is 1. The molecule has 4 heterocycles. The molecule has 1 N–H and O–H groups in total. The van der Waals surface area contributed by atoms with Gasteiger partial charge in [-0.1, -0.05) is 6.07 Å². The number of piperidine rings is 1. The van der Waals surface area contributed by atoms with Gasteiger partial charge in [0.2, 0.25) is 21.9 Å². The van der Waals surface area contributed by atoms with Crippen molar-refractivity contribution in [2.75, 3.05) is 50.6 Å². The van der Waals surface area contributed by atoms with Gasteiger partial charge in [-0.05, 0) is 31.4 Å². The van der Waals surface area contributed by atoms with E-state index in [4.69, 9.17) is 18.9 Å². The van der Waals surface area contributed by atoms with Gasteiger partial charge in [-0.3, -0.25) is 9.29 Å². The van der Waals surface area contributed by atoms with Crippen LogP contribution in [0.4, 0.5) is 16.3 Å². The van der Waals surface area contributed by atoms with Crippen molar-refractivity contribution in [2.24, 2.45) is 0 Å². The quantitative estimate of drug-likeness (QED) is 0.409. The number of hydrogen-bond acceptors (Lipinski definition) is 11. The van der Waals surface area contributed by atoms with Crippen molar-refractivity contribution in [3.05, 3.63) is 42.2 Å². The fourth-order valence-electron chi connectivity index (χ4n) is 4.87. The topological polar surface area (TPSA) is 143 Å². The molecule has 2 saturated heterocycles. The third-order valence-electron chi connectivity index (χ3n) is 6.80. The maximum atomic E-state index is 13.8. The molecule has 3 aromatic rings. The number of nitrogens with zero attached hydrogens (tertiary/aromatic N) is 6. The lowest BCUT2D eigenvalue weighted by atomic mass is 10.1. The van der Waals surface area contributed by atoms with Crippen molar-refractivity contribution in [1.82, 2.24) is 24.7 Å². The largest absolute Gasteiger partial charge is 0.494 e. The average Bonchev–Trinajstić information content (AvgIpc) is 3.62. The van der Waals surface area contributed by atoms with E-state index < -0.39 is 27.2 Å². The van der Waals surface area contributed by atoms with E-state index in [1.54, 1.807) is 27.7 Å². The standard InChI is InChI=1S/C24H30FN7O6S/c1-35-16-10-17(14-31(13-16)23-26-11-15(25)12-27-23)39(33,34)30-24-29-28-22(20-8-5-9-38-20)32(24)21-18(36-2)6-4-7-19(21)37-3/h4,6-7,11-12,16-17,20H,5,8-10,13-14H2,1-3H3,(H,29,30)/t16-,17+,20+/m1/s1. The second kappa shape index (κ2) is 11.3. The monoisotopic (exact) mass is 563 g/mol. The van der Waals surface area contributed by atoms with Gasteiger partial charge in [0.05, 0.1) is 32.7 Å². The van der Waals surface area contributed by atoms with Crippen LogP contribution in [0.1, 0.15) is 31.2 Å². The van der Waals surface area contributed by atoms with Crippen molar-refractivity contribution in [1.29, 1.82) is 0 Å². The molecule has 0 spiro atoms. The van der Waals surface area contributed by atoms with Gasteiger partial charge in [-0.25, -0.2) is 22.8 Å². The van der Waals surface area contributed by atoms with E-state index in [9.17, 15) is 12.8 Å². The zero-order chi connectivity index (χ0) is 27.6. The number of sulfonamides is 1. The lowest BCUT2D eigenvalue weighted by Crippen LogP contribution is -2.51. The highest BCUT2D eigenvalue weighted by molar-refractivity contribution is 7.93. The van der Waals surface area contributed by atoms with Crippen molar-refractivity contribution < 1.29 is 31.8 Å². The van der Waals surface area contributed by atoms with Crippen LogP contribution in [0.2, 0.25) is 0 Å². The van der Waals surface area contributed by atoms with E-state index >= 15 is 0 Å². The van der Waals surface area contributed by atoms with Crippen LogP contribution in [-0.4, -0.2) is 85.5 Å². The highest BCUT2D eigenvalue weighted by Gasteiger charge is 2.38. The van der Waals surface area contributed by atoms with Crippen molar-refractivity contribution in [2.45, 2.75) is 36.7 Å². The first-order valence-corrected chi connectivity index (χ1v) is 13.9. The highest BCUT2D eigenvalue weighted by Crippen LogP contribution is 2.39. The first kappa shape index (κ1) is 27.0. The molecule has 39 heavy (non-hydrogen) atoms.